The number of hydrogen-bond donors (Lipinski definition) is 0. The molecule has 1 atom stereocenters. The van der Waals surface area contributed by atoms with Crippen LogP contribution in [0.3, 0.4) is 0 Å². The average Bonchev–Trinajstić information content (AvgIpc) is 3.30. The lowest BCUT2D eigenvalue weighted by Gasteiger charge is -2.31. The van der Waals surface area contributed by atoms with Crippen LogP contribution in [0.25, 0.3) is 0 Å². The number of furan rings is 1. The van der Waals surface area contributed by atoms with Crippen LogP contribution in [-0.4, -0.2) is 46.0 Å². The van der Waals surface area contributed by atoms with Crippen molar-refractivity contribution in [2.75, 3.05) is 20.1 Å². The van der Waals surface area contributed by atoms with Crippen molar-refractivity contribution in [1.29, 1.82) is 0 Å². The molecular formula is C18H26N4O3. The lowest BCUT2D eigenvalue weighted by molar-refractivity contribution is 0.0741. The summed E-state index contributed by atoms with van der Waals surface area (Å²) in [6.45, 7) is 6.54. The molecule has 2 aromatic heterocycles. The first kappa shape index (κ1) is 17.7. The number of piperidine rings is 1. The van der Waals surface area contributed by atoms with Gasteiger partial charge in [0.25, 0.3) is 5.91 Å². The van der Waals surface area contributed by atoms with Crippen molar-refractivity contribution in [3.63, 3.8) is 0 Å². The van der Waals surface area contributed by atoms with Crippen LogP contribution in [0.5, 0.6) is 0 Å². The largest absolute Gasteiger partial charge is 0.454 e. The fourth-order valence-corrected chi connectivity index (χ4v) is 3.15. The van der Waals surface area contributed by atoms with Crippen LogP contribution in [0.1, 0.15) is 67.2 Å². The molecule has 7 heteroatoms. The van der Waals surface area contributed by atoms with E-state index < -0.39 is 0 Å². The van der Waals surface area contributed by atoms with Gasteiger partial charge >= 0.3 is 0 Å². The molecule has 0 saturated carbocycles. The zero-order chi connectivity index (χ0) is 17.8. The molecule has 2 aromatic rings. The topological polar surface area (TPSA) is 75.6 Å². The highest BCUT2D eigenvalue weighted by Crippen LogP contribution is 2.26. The van der Waals surface area contributed by atoms with Crippen LogP contribution in [0.15, 0.2) is 21.1 Å². The van der Waals surface area contributed by atoms with E-state index in [9.17, 15) is 4.79 Å². The highest BCUT2D eigenvalue weighted by atomic mass is 16.5. The minimum absolute atomic E-state index is 0.181. The van der Waals surface area contributed by atoms with E-state index in [1.54, 1.807) is 18.0 Å². The first-order chi connectivity index (χ1) is 12.1. The molecular weight excluding hydrogens is 320 g/mol. The van der Waals surface area contributed by atoms with Crippen molar-refractivity contribution in [1.82, 2.24) is 19.9 Å². The molecule has 0 aliphatic carbocycles. The third kappa shape index (κ3) is 4.10. The summed E-state index contributed by atoms with van der Waals surface area (Å²) < 4.78 is 10.9. The van der Waals surface area contributed by atoms with Crippen molar-refractivity contribution in [2.24, 2.45) is 0 Å². The fourth-order valence-electron chi connectivity index (χ4n) is 3.15. The van der Waals surface area contributed by atoms with E-state index in [1.165, 1.54) is 19.3 Å². The minimum Gasteiger partial charge on any atom is -0.454 e. The standard InChI is InChI=1S/C18H26N4O3/c1-4-17-19-16(20-25-17)12-21(3)18(23)15-9-8-14(24-15)13(2)22-10-6-5-7-11-22/h8-9,13H,4-7,10-12H2,1-3H3. The van der Waals surface area contributed by atoms with Crippen molar-refractivity contribution in [3.05, 3.63) is 35.4 Å². The number of likely N-dealkylation sites (tertiary alicyclic amines) is 1. The number of rotatable bonds is 6. The molecule has 3 rings (SSSR count). The minimum atomic E-state index is -0.181. The maximum Gasteiger partial charge on any atom is 0.289 e. The lowest BCUT2D eigenvalue weighted by Crippen LogP contribution is -2.32. The molecule has 1 saturated heterocycles. The van der Waals surface area contributed by atoms with Gasteiger partial charge in [-0.05, 0) is 45.0 Å². The molecule has 136 valence electrons. The first-order valence-electron chi connectivity index (χ1n) is 8.99. The summed E-state index contributed by atoms with van der Waals surface area (Å²) in [6, 6.07) is 3.85. The summed E-state index contributed by atoms with van der Waals surface area (Å²) >= 11 is 0. The van der Waals surface area contributed by atoms with Gasteiger partial charge in [-0.1, -0.05) is 18.5 Å². The average molecular weight is 346 g/mol. The summed E-state index contributed by atoms with van der Waals surface area (Å²) in [7, 11) is 1.71. The molecule has 3 heterocycles. The Balaban J connectivity index is 1.63. The third-order valence-electron chi connectivity index (χ3n) is 4.73. The molecule has 1 amide bonds. The molecule has 7 nitrogen and oxygen atoms in total. The zero-order valence-electron chi connectivity index (χ0n) is 15.2. The molecule has 1 fully saturated rings. The highest BCUT2D eigenvalue weighted by Gasteiger charge is 2.23. The van der Waals surface area contributed by atoms with Crippen LogP contribution in [0, 0.1) is 0 Å². The van der Waals surface area contributed by atoms with Crippen LogP contribution in [0.4, 0.5) is 0 Å². The second kappa shape index (κ2) is 7.82. The first-order valence-corrected chi connectivity index (χ1v) is 8.99. The number of aromatic nitrogens is 2. The molecule has 1 aliphatic rings. The number of carbonyl (C=O) groups excluding carboxylic acids is 1. The Hall–Kier alpha value is -2.15. The van der Waals surface area contributed by atoms with Gasteiger partial charge in [-0.3, -0.25) is 9.69 Å². The summed E-state index contributed by atoms with van der Waals surface area (Å²) in [5, 5.41) is 3.88. The maximum absolute atomic E-state index is 12.6. The lowest BCUT2D eigenvalue weighted by atomic mass is 10.1. The van der Waals surface area contributed by atoms with Crippen molar-refractivity contribution in [3.8, 4) is 0 Å². The predicted octanol–water partition coefficient (Wildman–Crippen LogP) is 3.04. The van der Waals surface area contributed by atoms with E-state index in [0.29, 0.717) is 30.4 Å². The molecule has 0 aromatic carbocycles. The van der Waals surface area contributed by atoms with Gasteiger partial charge in [-0.25, -0.2) is 0 Å². The van der Waals surface area contributed by atoms with E-state index in [4.69, 9.17) is 8.94 Å². The van der Waals surface area contributed by atoms with Crippen molar-refractivity contribution in [2.45, 2.75) is 52.1 Å². The van der Waals surface area contributed by atoms with Crippen molar-refractivity contribution >= 4 is 5.91 Å². The monoisotopic (exact) mass is 346 g/mol. The number of carbonyl (C=O) groups is 1. The Morgan fingerprint density at radius 2 is 2.08 bits per heavy atom. The van der Waals surface area contributed by atoms with Crippen LogP contribution in [0.2, 0.25) is 0 Å². The Morgan fingerprint density at radius 1 is 1.32 bits per heavy atom. The van der Waals surface area contributed by atoms with Gasteiger partial charge in [0.15, 0.2) is 11.6 Å². The maximum atomic E-state index is 12.6. The number of aryl methyl sites for hydroxylation is 1. The normalized spacial score (nSPS) is 16.8. The second-order valence-corrected chi connectivity index (χ2v) is 6.59. The second-order valence-electron chi connectivity index (χ2n) is 6.59. The van der Waals surface area contributed by atoms with Gasteiger partial charge in [0.05, 0.1) is 12.6 Å². The van der Waals surface area contributed by atoms with E-state index in [0.717, 1.165) is 18.8 Å². The van der Waals surface area contributed by atoms with Gasteiger partial charge in [0, 0.05) is 13.5 Å². The van der Waals surface area contributed by atoms with Gasteiger partial charge < -0.3 is 13.8 Å². The van der Waals surface area contributed by atoms with Crippen LogP contribution >= 0.6 is 0 Å². The highest BCUT2D eigenvalue weighted by molar-refractivity contribution is 5.91. The Kier molecular flexibility index (Phi) is 5.53. The van der Waals surface area contributed by atoms with E-state index in [-0.39, 0.29) is 11.9 Å². The molecule has 0 N–H and O–H groups in total. The molecule has 0 bridgehead atoms. The molecule has 1 aliphatic heterocycles. The van der Waals surface area contributed by atoms with Crippen LogP contribution in [-0.2, 0) is 13.0 Å². The van der Waals surface area contributed by atoms with E-state index in [1.807, 2.05) is 13.0 Å². The molecule has 1 unspecified atom stereocenters. The van der Waals surface area contributed by atoms with Crippen molar-refractivity contribution < 1.29 is 13.7 Å². The van der Waals surface area contributed by atoms with Gasteiger partial charge in [-0.15, -0.1) is 0 Å². The van der Waals surface area contributed by atoms with E-state index >= 15 is 0 Å². The molecule has 0 radical (unpaired) electrons. The third-order valence-corrected chi connectivity index (χ3v) is 4.73. The Labute approximate surface area is 148 Å². The predicted molar refractivity (Wildman–Crippen MR) is 92.0 cm³/mol. The Bertz CT molecular complexity index is 703. The Morgan fingerprint density at radius 3 is 2.76 bits per heavy atom. The summed E-state index contributed by atoms with van der Waals surface area (Å²) in [4.78, 5) is 20.7. The molecule has 0 spiro atoms. The fraction of sp³-hybridized carbons (Fsp3) is 0.611. The number of hydrogen-bond acceptors (Lipinski definition) is 6. The van der Waals surface area contributed by atoms with Gasteiger partial charge in [0.2, 0.25) is 5.89 Å². The van der Waals surface area contributed by atoms with Crippen LogP contribution < -0.4 is 0 Å². The number of nitrogens with zero attached hydrogens (tertiary/aromatic N) is 4. The molecule has 25 heavy (non-hydrogen) atoms. The quantitative estimate of drug-likeness (QED) is 0.800. The SMILES string of the molecule is CCc1nc(CN(C)C(=O)c2ccc(C(C)N3CCCCC3)o2)no1. The van der Waals surface area contributed by atoms with Gasteiger partial charge in [0.1, 0.15) is 5.76 Å². The smallest absolute Gasteiger partial charge is 0.289 e. The summed E-state index contributed by atoms with van der Waals surface area (Å²) in [6.07, 6.45) is 4.43. The van der Waals surface area contributed by atoms with Gasteiger partial charge in [-0.2, -0.15) is 4.98 Å². The van der Waals surface area contributed by atoms with E-state index in [2.05, 4.69) is 22.0 Å². The summed E-state index contributed by atoms with van der Waals surface area (Å²) in [5.41, 5.74) is 0. The summed E-state index contributed by atoms with van der Waals surface area (Å²) in [5.74, 6) is 2.08. The number of amides is 1. The zero-order valence-corrected chi connectivity index (χ0v) is 15.2.